The van der Waals surface area contributed by atoms with Gasteiger partial charge in [0.05, 0.1) is 11.0 Å². The fraction of sp³-hybridized carbons (Fsp3) is 0.346. The van der Waals surface area contributed by atoms with Crippen LogP contribution in [0.5, 0.6) is 0 Å². The molecule has 27 heavy (non-hydrogen) atoms. The van der Waals surface area contributed by atoms with Gasteiger partial charge in [0.15, 0.2) is 11.7 Å². The highest BCUT2D eigenvalue weighted by Crippen LogP contribution is 2.46. The summed E-state index contributed by atoms with van der Waals surface area (Å²) in [5.74, 6) is 0. The molecule has 0 saturated heterocycles. The molecule has 0 radical (unpaired) electrons. The summed E-state index contributed by atoms with van der Waals surface area (Å²) in [6, 6.07) is 18.2. The van der Waals surface area contributed by atoms with Crippen LogP contribution in [0.15, 0.2) is 54.7 Å². The minimum Gasteiger partial charge on any atom is -0.192 e. The number of aryl methyl sites for hydroxylation is 3. The molecule has 1 aliphatic rings. The predicted octanol–water partition coefficient (Wildman–Crippen LogP) is 6.26. The van der Waals surface area contributed by atoms with Crippen LogP contribution in [0.25, 0.3) is 22.4 Å². The van der Waals surface area contributed by atoms with E-state index in [-0.39, 0.29) is 11.0 Å². The fourth-order valence-electron chi connectivity index (χ4n) is 4.64. The van der Waals surface area contributed by atoms with Crippen molar-refractivity contribution in [3.05, 3.63) is 77.0 Å². The van der Waals surface area contributed by atoms with Crippen molar-refractivity contribution in [1.29, 1.82) is 0 Å². The van der Waals surface area contributed by atoms with Crippen molar-refractivity contribution in [2.24, 2.45) is 0 Å². The molecule has 0 spiro atoms. The highest BCUT2D eigenvalue weighted by atomic mass is 15.1. The maximum Gasteiger partial charge on any atom is 0.213 e. The molecule has 0 amide bonds. The molecule has 4 rings (SSSR count). The number of rotatable bonds is 1. The molecule has 3 aromatic rings. The molecular weight excluding hydrogens is 326 g/mol. The average molecular weight is 357 g/mol. The summed E-state index contributed by atoms with van der Waals surface area (Å²) in [7, 11) is 0. The van der Waals surface area contributed by atoms with Crippen LogP contribution >= 0.6 is 0 Å². The van der Waals surface area contributed by atoms with Gasteiger partial charge >= 0.3 is 0 Å². The van der Waals surface area contributed by atoms with Crippen LogP contribution < -0.4 is 4.57 Å². The van der Waals surface area contributed by atoms with E-state index in [0.29, 0.717) is 0 Å². The van der Waals surface area contributed by atoms with Gasteiger partial charge in [-0.15, -0.1) is 0 Å². The van der Waals surface area contributed by atoms with Crippen molar-refractivity contribution >= 4 is 0 Å². The topological polar surface area (TPSA) is 3.88 Å². The Kier molecular flexibility index (Phi) is 3.86. The van der Waals surface area contributed by atoms with Crippen LogP contribution in [0.2, 0.25) is 0 Å². The van der Waals surface area contributed by atoms with E-state index < -0.39 is 0 Å². The Balaban J connectivity index is 2.02. The Hall–Kier alpha value is -2.41. The van der Waals surface area contributed by atoms with Crippen molar-refractivity contribution in [1.82, 2.24) is 0 Å². The number of pyridine rings is 1. The molecule has 0 atom stereocenters. The normalized spacial score (nSPS) is 16.6. The molecule has 0 unspecified atom stereocenters. The lowest BCUT2D eigenvalue weighted by Gasteiger charge is -2.43. The molecule has 0 saturated carbocycles. The summed E-state index contributed by atoms with van der Waals surface area (Å²) < 4.78 is 2.51. The first-order chi connectivity index (χ1) is 12.6. The van der Waals surface area contributed by atoms with Crippen molar-refractivity contribution in [2.75, 3.05) is 0 Å². The fourth-order valence-corrected chi connectivity index (χ4v) is 4.64. The van der Waals surface area contributed by atoms with Crippen LogP contribution in [0.4, 0.5) is 0 Å². The summed E-state index contributed by atoms with van der Waals surface area (Å²) in [4.78, 5) is 0. The van der Waals surface area contributed by atoms with Gasteiger partial charge in [-0.1, -0.05) is 47.5 Å². The second-order valence-electron chi connectivity index (χ2n) is 9.23. The minimum absolute atomic E-state index is 0.0298. The maximum atomic E-state index is 2.51. The van der Waals surface area contributed by atoms with Gasteiger partial charge < -0.3 is 0 Å². The first-order valence-electron chi connectivity index (χ1n) is 9.88. The zero-order valence-electron chi connectivity index (χ0n) is 17.6. The van der Waals surface area contributed by atoms with Crippen LogP contribution in [0.3, 0.4) is 0 Å². The van der Waals surface area contributed by atoms with Crippen LogP contribution in [-0.4, -0.2) is 0 Å². The van der Waals surface area contributed by atoms with E-state index in [2.05, 4.69) is 108 Å². The molecular formula is C26H30N+. The molecule has 0 aliphatic carbocycles. The molecule has 1 heteroatoms. The van der Waals surface area contributed by atoms with Crippen LogP contribution in [0.1, 0.15) is 49.9 Å². The molecule has 2 heterocycles. The Morgan fingerprint density at radius 2 is 1.41 bits per heavy atom. The predicted molar refractivity (Wildman–Crippen MR) is 114 cm³/mol. The molecule has 0 N–H and O–H groups in total. The van der Waals surface area contributed by atoms with Gasteiger partial charge in [-0.3, -0.25) is 0 Å². The van der Waals surface area contributed by atoms with E-state index in [0.717, 1.165) is 0 Å². The quantitative estimate of drug-likeness (QED) is 0.453. The van der Waals surface area contributed by atoms with E-state index in [4.69, 9.17) is 0 Å². The minimum atomic E-state index is -0.0298. The number of benzene rings is 2. The van der Waals surface area contributed by atoms with Gasteiger partial charge in [0.1, 0.15) is 0 Å². The highest BCUT2D eigenvalue weighted by Gasteiger charge is 2.52. The molecule has 1 nitrogen and oxygen atoms in total. The SMILES string of the molecule is Cc1cc(C)cc(-c2ccc3[n+](c2)C(C)(C)C(C)(C)c2cccc(C)c2-3)c1. The number of hydrogen-bond donors (Lipinski definition) is 0. The number of aromatic nitrogens is 1. The molecule has 1 aromatic heterocycles. The average Bonchev–Trinajstić information content (AvgIpc) is 2.59. The smallest absolute Gasteiger partial charge is 0.192 e. The first kappa shape index (κ1) is 18.0. The highest BCUT2D eigenvalue weighted by molar-refractivity contribution is 5.71. The Morgan fingerprint density at radius 3 is 2.07 bits per heavy atom. The van der Waals surface area contributed by atoms with Crippen LogP contribution in [-0.2, 0) is 11.0 Å². The van der Waals surface area contributed by atoms with Gasteiger partial charge in [-0.25, -0.2) is 0 Å². The van der Waals surface area contributed by atoms with E-state index in [9.17, 15) is 0 Å². The second-order valence-corrected chi connectivity index (χ2v) is 9.23. The van der Waals surface area contributed by atoms with Crippen LogP contribution in [0, 0.1) is 20.8 Å². The number of hydrogen-bond acceptors (Lipinski definition) is 0. The van der Waals surface area contributed by atoms with Crippen molar-refractivity contribution in [2.45, 2.75) is 59.4 Å². The zero-order valence-corrected chi connectivity index (χ0v) is 17.6. The largest absolute Gasteiger partial charge is 0.213 e. The molecule has 138 valence electrons. The van der Waals surface area contributed by atoms with Crippen molar-refractivity contribution < 1.29 is 4.57 Å². The maximum absolute atomic E-state index is 2.51. The van der Waals surface area contributed by atoms with Gasteiger partial charge in [0.2, 0.25) is 5.69 Å². The van der Waals surface area contributed by atoms with Gasteiger partial charge in [-0.2, -0.15) is 4.57 Å². The lowest BCUT2D eigenvalue weighted by atomic mass is 9.64. The van der Waals surface area contributed by atoms with Gasteiger partial charge in [0.25, 0.3) is 0 Å². The monoisotopic (exact) mass is 356 g/mol. The third-order valence-electron chi connectivity index (χ3n) is 6.84. The van der Waals surface area contributed by atoms with Gasteiger partial charge in [-0.05, 0) is 57.4 Å². The summed E-state index contributed by atoms with van der Waals surface area (Å²) in [5, 5.41) is 0. The van der Waals surface area contributed by atoms with E-state index >= 15 is 0 Å². The lowest BCUT2D eigenvalue weighted by molar-refractivity contribution is -0.759. The molecule has 0 bridgehead atoms. The number of fused-ring (bicyclic) bond motifs is 3. The Morgan fingerprint density at radius 1 is 0.741 bits per heavy atom. The molecule has 1 aliphatic heterocycles. The van der Waals surface area contributed by atoms with Crippen molar-refractivity contribution in [3.8, 4) is 22.4 Å². The first-order valence-corrected chi connectivity index (χ1v) is 9.88. The third-order valence-corrected chi connectivity index (χ3v) is 6.84. The molecule has 2 aromatic carbocycles. The Labute approximate surface area is 163 Å². The molecule has 0 fully saturated rings. The standard InChI is InChI=1S/C26H30N/c1-17-13-18(2)15-21(14-17)20-11-12-23-24-19(3)9-8-10-22(24)25(4,5)26(6,7)27(23)16-20/h8-16H,1-7H3/q+1. The lowest BCUT2D eigenvalue weighted by Crippen LogP contribution is -2.65. The summed E-state index contributed by atoms with van der Waals surface area (Å²) >= 11 is 0. The Bertz CT molecular complexity index is 1030. The van der Waals surface area contributed by atoms with E-state index in [1.54, 1.807) is 0 Å². The second kappa shape index (κ2) is 5.79. The van der Waals surface area contributed by atoms with E-state index in [1.165, 1.54) is 44.6 Å². The summed E-state index contributed by atoms with van der Waals surface area (Å²) in [6.07, 6.45) is 2.36. The summed E-state index contributed by atoms with van der Waals surface area (Å²) in [5.41, 5.74) is 10.7. The summed E-state index contributed by atoms with van der Waals surface area (Å²) in [6.45, 7) is 16.1. The number of nitrogens with zero attached hydrogens (tertiary/aromatic N) is 1. The van der Waals surface area contributed by atoms with Gasteiger partial charge in [0, 0.05) is 25.5 Å². The third kappa shape index (κ3) is 2.56. The zero-order chi connectivity index (χ0) is 19.6. The van der Waals surface area contributed by atoms with Crippen molar-refractivity contribution in [3.63, 3.8) is 0 Å². The van der Waals surface area contributed by atoms with E-state index in [1.807, 2.05) is 0 Å².